The number of rotatable bonds is 3. The first-order valence-electron chi connectivity index (χ1n) is 12.6. The fraction of sp³-hybridized carbons (Fsp3) is 0.300. The number of nitrogens with one attached hydrogen (secondary N) is 1. The van der Waals surface area contributed by atoms with E-state index < -0.39 is 0 Å². The van der Waals surface area contributed by atoms with E-state index in [1.165, 1.54) is 39.4 Å². The highest BCUT2D eigenvalue weighted by Crippen LogP contribution is 2.44. The Morgan fingerprint density at radius 2 is 1.81 bits per heavy atom. The predicted molar refractivity (Wildman–Crippen MR) is 146 cm³/mol. The molecule has 6 heteroatoms. The summed E-state index contributed by atoms with van der Waals surface area (Å²) in [6.45, 7) is 4.72. The van der Waals surface area contributed by atoms with Gasteiger partial charge in [0, 0.05) is 22.3 Å². The number of nitrogens with zero attached hydrogens (tertiary/aromatic N) is 2. The molecule has 184 valence electrons. The van der Waals surface area contributed by atoms with E-state index in [0.29, 0.717) is 6.54 Å². The smallest absolute Gasteiger partial charge is 0.322 e. The second-order valence-corrected chi connectivity index (χ2v) is 10.9. The topological polar surface area (TPSA) is 46.5 Å². The Bertz CT molecular complexity index is 1430. The van der Waals surface area contributed by atoms with E-state index >= 15 is 0 Å². The van der Waals surface area contributed by atoms with Crippen molar-refractivity contribution in [1.82, 2.24) is 9.47 Å². The molecular formula is C30H31N3O2S. The SMILES string of the molecule is COc1ccc(C2c3cccn3-c3sc4c(c3CN2C(=O)Nc2cccc(C)c2C)CCCC4)cc1. The molecule has 1 aliphatic carbocycles. The minimum atomic E-state index is -0.227. The standard InChI is InChI=1S/C30H31N3O2S/c1-19-8-6-10-25(20(19)2)31-30(34)33-18-24-23-9-4-5-12-27(23)36-29(24)32-17-7-11-26(32)28(33)21-13-15-22(35-3)16-14-21/h6-8,10-11,13-17,28H,4-5,9,12,18H2,1-3H3,(H,31,34). The van der Waals surface area contributed by atoms with Crippen LogP contribution in [0.2, 0.25) is 0 Å². The third-order valence-electron chi connectivity index (χ3n) is 7.72. The fourth-order valence-corrected chi connectivity index (χ4v) is 7.00. The molecule has 2 amide bonds. The molecular weight excluding hydrogens is 466 g/mol. The molecule has 1 aliphatic heterocycles. The van der Waals surface area contributed by atoms with Gasteiger partial charge in [-0.05, 0) is 92.1 Å². The molecule has 4 aromatic rings. The Kier molecular flexibility index (Phi) is 5.84. The number of aromatic nitrogens is 1. The second-order valence-electron chi connectivity index (χ2n) is 9.78. The maximum absolute atomic E-state index is 14.1. The number of hydrogen-bond acceptors (Lipinski definition) is 3. The molecule has 1 atom stereocenters. The highest BCUT2D eigenvalue weighted by atomic mass is 32.1. The number of carbonyl (C=O) groups excluding carboxylic acids is 1. The quantitative estimate of drug-likeness (QED) is 0.326. The molecule has 2 aromatic carbocycles. The lowest BCUT2D eigenvalue weighted by atomic mass is 9.95. The number of benzene rings is 2. The van der Waals surface area contributed by atoms with Crippen molar-refractivity contribution in [3.63, 3.8) is 0 Å². The van der Waals surface area contributed by atoms with E-state index in [-0.39, 0.29) is 12.1 Å². The van der Waals surface area contributed by atoms with Crippen molar-refractivity contribution in [2.45, 2.75) is 52.1 Å². The van der Waals surface area contributed by atoms with Gasteiger partial charge in [0.1, 0.15) is 10.8 Å². The summed E-state index contributed by atoms with van der Waals surface area (Å²) in [5.74, 6) is 0.808. The Balaban J connectivity index is 1.49. The molecule has 1 N–H and O–H groups in total. The summed E-state index contributed by atoms with van der Waals surface area (Å²) in [7, 11) is 1.68. The van der Waals surface area contributed by atoms with Gasteiger partial charge in [-0.1, -0.05) is 24.3 Å². The molecule has 0 bridgehead atoms. The van der Waals surface area contributed by atoms with Gasteiger partial charge in [0.2, 0.25) is 0 Å². The van der Waals surface area contributed by atoms with Crippen LogP contribution in [0.25, 0.3) is 5.00 Å². The fourth-order valence-electron chi connectivity index (χ4n) is 5.60. The van der Waals surface area contributed by atoms with E-state index in [9.17, 15) is 4.79 Å². The average molecular weight is 498 g/mol. The van der Waals surface area contributed by atoms with Crippen molar-refractivity contribution < 1.29 is 9.53 Å². The van der Waals surface area contributed by atoms with Crippen molar-refractivity contribution >= 4 is 23.1 Å². The molecule has 0 fully saturated rings. The van der Waals surface area contributed by atoms with Gasteiger partial charge in [-0.15, -0.1) is 11.3 Å². The summed E-state index contributed by atoms with van der Waals surface area (Å²) in [6, 6.07) is 18.1. The second kappa shape index (κ2) is 9.17. The summed E-state index contributed by atoms with van der Waals surface area (Å²) >= 11 is 1.91. The molecule has 1 unspecified atom stereocenters. The van der Waals surface area contributed by atoms with Gasteiger partial charge in [-0.25, -0.2) is 4.79 Å². The van der Waals surface area contributed by atoms with E-state index in [2.05, 4.69) is 60.3 Å². The van der Waals surface area contributed by atoms with Gasteiger partial charge < -0.3 is 19.5 Å². The molecule has 0 saturated carbocycles. The number of thiophene rings is 1. The Labute approximate surface area is 216 Å². The van der Waals surface area contributed by atoms with Gasteiger partial charge >= 0.3 is 6.03 Å². The maximum atomic E-state index is 14.1. The van der Waals surface area contributed by atoms with Crippen molar-refractivity contribution in [2.24, 2.45) is 0 Å². The zero-order valence-corrected chi connectivity index (χ0v) is 21.8. The van der Waals surface area contributed by atoms with Gasteiger partial charge in [0.15, 0.2) is 0 Å². The largest absolute Gasteiger partial charge is 0.497 e. The van der Waals surface area contributed by atoms with Crippen LogP contribution < -0.4 is 10.1 Å². The van der Waals surface area contributed by atoms with Crippen molar-refractivity contribution in [3.05, 3.63) is 99.2 Å². The van der Waals surface area contributed by atoms with Crippen LogP contribution in [-0.2, 0) is 19.4 Å². The molecule has 0 saturated heterocycles. The van der Waals surface area contributed by atoms with Crippen LogP contribution >= 0.6 is 11.3 Å². The molecule has 3 heterocycles. The van der Waals surface area contributed by atoms with Crippen molar-refractivity contribution in [1.29, 1.82) is 0 Å². The van der Waals surface area contributed by atoms with Crippen LogP contribution in [-0.4, -0.2) is 22.6 Å². The number of anilines is 1. The normalized spacial score (nSPS) is 16.5. The Hall–Kier alpha value is -3.51. The van der Waals surface area contributed by atoms with E-state index in [1.807, 2.05) is 40.5 Å². The molecule has 0 spiro atoms. The zero-order chi connectivity index (χ0) is 24.8. The Morgan fingerprint density at radius 1 is 1.00 bits per heavy atom. The lowest BCUT2D eigenvalue weighted by molar-refractivity contribution is 0.194. The highest BCUT2D eigenvalue weighted by molar-refractivity contribution is 7.15. The van der Waals surface area contributed by atoms with E-state index in [4.69, 9.17) is 4.74 Å². The number of aryl methyl sites for hydroxylation is 2. The summed E-state index contributed by atoms with van der Waals surface area (Å²) in [4.78, 5) is 17.6. The molecule has 2 aliphatic rings. The average Bonchev–Trinajstić information content (AvgIpc) is 3.49. The van der Waals surface area contributed by atoms with E-state index in [1.54, 1.807) is 7.11 Å². The van der Waals surface area contributed by atoms with Crippen LogP contribution in [0.5, 0.6) is 5.75 Å². The van der Waals surface area contributed by atoms with Crippen LogP contribution in [0.3, 0.4) is 0 Å². The number of methoxy groups -OCH3 is 1. The lowest BCUT2D eigenvalue weighted by Crippen LogP contribution is -2.38. The van der Waals surface area contributed by atoms with Gasteiger partial charge in [-0.3, -0.25) is 0 Å². The summed E-state index contributed by atoms with van der Waals surface area (Å²) in [6.07, 6.45) is 6.85. The first-order chi connectivity index (χ1) is 17.5. The number of ether oxygens (including phenoxy) is 1. The molecule has 2 aromatic heterocycles. The number of fused-ring (bicyclic) bond motifs is 5. The van der Waals surface area contributed by atoms with Crippen LogP contribution in [0, 0.1) is 13.8 Å². The molecule has 36 heavy (non-hydrogen) atoms. The number of hydrogen-bond donors (Lipinski definition) is 1. The first-order valence-corrected chi connectivity index (χ1v) is 13.5. The number of amides is 2. The molecule has 6 rings (SSSR count). The highest BCUT2D eigenvalue weighted by Gasteiger charge is 2.36. The van der Waals surface area contributed by atoms with Crippen LogP contribution in [0.1, 0.15) is 57.3 Å². The number of carbonyl (C=O) groups is 1. The zero-order valence-electron chi connectivity index (χ0n) is 21.0. The minimum absolute atomic E-state index is 0.0825. The lowest BCUT2D eigenvalue weighted by Gasteiger charge is -2.32. The van der Waals surface area contributed by atoms with Crippen molar-refractivity contribution in [3.8, 4) is 10.8 Å². The first kappa shape index (κ1) is 22.9. The summed E-state index contributed by atoms with van der Waals surface area (Å²) < 4.78 is 7.74. The van der Waals surface area contributed by atoms with Gasteiger partial charge in [0.05, 0.1) is 25.4 Å². The van der Waals surface area contributed by atoms with Crippen LogP contribution in [0.15, 0.2) is 60.8 Å². The molecule has 5 nitrogen and oxygen atoms in total. The third kappa shape index (κ3) is 3.80. The van der Waals surface area contributed by atoms with Crippen molar-refractivity contribution in [2.75, 3.05) is 12.4 Å². The molecule has 0 radical (unpaired) electrons. The monoisotopic (exact) mass is 497 g/mol. The number of urea groups is 1. The van der Waals surface area contributed by atoms with E-state index in [0.717, 1.165) is 41.1 Å². The minimum Gasteiger partial charge on any atom is -0.497 e. The van der Waals surface area contributed by atoms with Gasteiger partial charge in [0.25, 0.3) is 0 Å². The van der Waals surface area contributed by atoms with Crippen LogP contribution in [0.4, 0.5) is 10.5 Å². The summed E-state index contributed by atoms with van der Waals surface area (Å²) in [5, 5.41) is 4.52. The summed E-state index contributed by atoms with van der Waals surface area (Å²) in [5.41, 5.74) is 8.06. The third-order valence-corrected chi connectivity index (χ3v) is 9.05. The predicted octanol–water partition coefficient (Wildman–Crippen LogP) is 7.18. The maximum Gasteiger partial charge on any atom is 0.322 e. The Morgan fingerprint density at radius 3 is 2.61 bits per heavy atom. The van der Waals surface area contributed by atoms with Gasteiger partial charge in [-0.2, -0.15) is 0 Å².